The minimum Gasteiger partial charge on any atom is -0.488 e. The molecule has 0 amide bonds. The second-order valence-corrected chi connectivity index (χ2v) is 7.81. The molecule has 2 aromatic rings. The molecule has 29 heavy (non-hydrogen) atoms. The Morgan fingerprint density at radius 1 is 1.14 bits per heavy atom. The topological polar surface area (TPSA) is 61.8 Å². The highest BCUT2D eigenvalue weighted by Gasteiger charge is 2.40. The molecule has 0 unspecified atom stereocenters. The van der Waals surface area contributed by atoms with Crippen molar-refractivity contribution in [3.63, 3.8) is 0 Å². The first-order valence-electron chi connectivity index (χ1n) is 9.83. The molecule has 0 radical (unpaired) electrons. The number of benzene rings is 2. The van der Waals surface area contributed by atoms with Crippen molar-refractivity contribution in [3.8, 4) is 5.75 Å². The molecule has 2 aliphatic rings. The Bertz CT molecular complexity index is 911. The molecular weight excluding hydrogens is 378 g/mol. The molecule has 154 valence electrons. The van der Waals surface area contributed by atoms with E-state index in [1.807, 2.05) is 0 Å². The standard InChI is InChI=1S/C22H24F2N2O3/c23-16-2-4-19-17(12-16)20(28)13-22(25-19)5-7-26(8-6-22)14-15-1-3-18(24)21(11-15)29-10-9-27/h1-4,11-12,25,27H,5-10,13-14H2. The van der Waals surface area contributed by atoms with Gasteiger partial charge in [-0.3, -0.25) is 9.69 Å². The maximum Gasteiger partial charge on any atom is 0.167 e. The lowest BCUT2D eigenvalue weighted by Crippen LogP contribution is -2.52. The number of piperidine rings is 1. The van der Waals surface area contributed by atoms with Crippen LogP contribution in [0.4, 0.5) is 14.5 Å². The normalized spacial score (nSPS) is 18.4. The van der Waals surface area contributed by atoms with Gasteiger partial charge in [0, 0.05) is 42.8 Å². The van der Waals surface area contributed by atoms with Gasteiger partial charge in [0.1, 0.15) is 12.4 Å². The molecular formula is C22H24F2N2O3. The van der Waals surface area contributed by atoms with E-state index in [4.69, 9.17) is 9.84 Å². The number of hydrogen-bond acceptors (Lipinski definition) is 5. The number of carbonyl (C=O) groups is 1. The van der Waals surface area contributed by atoms with Crippen LogP contribution >= 0.6 is 0 Å². The fourth-order valence-corrected chi connectivity index (χ4v) is 4.20. The number of ether oxygens (including phenoxy) is 1. The number of anilines is 1. The predicted molar refractivity (Wildman–Crippen MR) is 105 cm³/mol. The van der Waals surface area contributed by atoms with Gasteiger partial charge < -0.3 is 15.2 Å². The van der Waals surface area contributed by atoms with Gasteiger partial charge in [-0.05, 0) is 48.7 Å². The van der Waals surface area contributed by atoms with E-state index in [-0.39, 0.29) is 30.3 Å². The maximum absolute atomic E-state index is 13.8. The lowest BCUT2D eigenvalue weighted by atomic mass is 9.78. The van der Waals surface area contributed by atoms with Gasteiger partial charge in [-0.2, -0.15) is 0 Å². The number of hydrogen-bond donors (Lipinski definition) is 2. The van der Waals surface area contributed by atoms with Crippen molar-refractivity contribution in [2.24, 2.45) is 0 Å². The lowest BCUT2D eigenvalue weighted by Gasteiger charge is -2.45. The van der Waals surface area contributed by atoms with Gasteiger partial charge in [0.05, 0.1) is 6.61 Å². The lowest BCUT2D eigenvalue weighted by molar-refractivity contribution is 0.0898. The van der Waals surface area contributed by atoms with Gasteiger partial charge in [0.15, 0.2) is 17.3 Å². The third-order valence-corrected chi connectivity index (χ3v) is 5.74. The highest BCUT2D eigenvalue weighted by Crippen LogP contribution is 2.38. The molecule has 0 aromatic heterocycles. The summed E-state index contributed by atoms with van der Waals surface area (Å²) in [6.07, 6.45) is 1.96. The summed E-state index contributed by atoms with van der Waals surface area (Å²) >= 11 is 0. The van der Waals surface area contributed by atoms with Gasteiger partial charge in [-0.1, -0.05) is 6.07 Å². The van der Waals surface area contributed by atoms with E-state index < -0.39 is 11.6 Å². The van der Waals surface area contributed by atoms with Crippen LogP contribution in [0.25, 0.3) is 0 Å². The average molecular weight is 402 g/mol. The Hall–Kier alpha value is -2.51. The van der Waals surface area contributed by atoms with E-state index in [2.05, 4.69) is 10.2 Å². The van der Waals surface area contributed by atoms with Crippen molar-refractivity contribution < 1.29 is 23.4 Å². The predicted octanol–water partition coefficient (Wildman–Crippen LogP) is 3.37. The van der Waals surface area contributed by atoms with Crippen LogP contribution in [0.15, 0.2) is 36.4 Å². The van der Waals surface area contributed by atoms with Crippen LogP contribution in [0, 0.1) is 11.6 Å². The molecule has 7 heteroatoms. The molecule has 0 bridgehead atoms. The number of nitrogens with zero attached hydrogens (tertiary/aromatic N) is 1. The van der Waals surface area contributed by atoms with Gasteiger partial charge in [0.2, 0.25) is 0 Å². The molecule has 2 aliphatic heterocycles. The van der Waals surface area contributed by atoms with Crippen molar-refractivity contribution in [1.82, 2.24) is 4.90 Å². The molecule has 0 atom stereocenters. The zero-order chi connectivity index (χ0) is 20.4. The number of ketones is 1. The van der Waals surface area contributed by atoms with Gasteiger partial charge in [-0.25, -0.2) is 8.78 Å². The van der Waals surface area contributed by atoms with Crippen LogP contribution < -0.4 is 10.1 Å². The fraction of sp³-hybridized carbons (Fsp3) is 0.409. The molecule has 5 nitrogen and oxygen atoms in total. The van der Waals surface area contributed by atoms with Crippen molar-refractivity contribution >= 4 is 11.5 Å². The number of halogens is 2. The zero-order valence-corrected chi connectivity index (χ0v) is 16.1. The summed E-state index contributed by atoms with van der Waals surface area (Å²) in [6, 6.07) is 9.10. The fourth-order valence-electron chi connectivity index (χ4n) is 4.20. The van der Waals surface area contributed by atoms with E-state index in [1.165, 1.54) is 18.2 Å². The number of likely N-dealkylation sites (tertiary alicyclic amines) is 1. The Balaban J connectivity index is 1.40. The molecule has 0 saturated carbocycles. The molecule has 2 N–H and O–H groups in total. The average Bonchev–Trinajstić information content (AvgIpc) is 2.71. The van der Waals surface area contributed by atoms with Gasteiger partial charge in [-0.15, -0.1) is 0 Å². The molecule has 1 saturated heterocycles. The van der Waals surface area contributed by atoms with E-state index in [9.17, 15) is 13.6 Å². The second-order valence-electron chi connectivity index (χ2n) is 7.81. The first kappa shape index (κ1) is 19.8. The number of aliphatic hydroxyl groups excluding tert-OH is 1. The SMILES string of the molecule is O=C1CC2(CCN(Cc3ccc(F)c(OCCO)c3)CC2)Nc2ccc(F)cc21. The maximum atomic E-state index is 13.8. The van der Waals surface area contributed by atoms with Crippen LogP contribution in [-0.2, 0) is 6.54 Å². The Labute approximate surface area is 168 Å². The zero-order valence-electron chi connectivity index (χ0n) is 16.1. The Morgan fingerprint density at radius 2 is 1.93 bits per heavy atom. The molecule has 4 rings (SSSR count). The molecule has 2 heterocycles. The largest absolute Gasteiger partial charge is 0.488 e. The molecule has 1 spiro atoms. The summed E-state index contributed by atoms with van der Waals surface area (Å²) in [5, 5.41) is 12.3. The highest BCUT2D eigenvalue weighted by molar-refractivity contribution is 6.04. The van der Waals surface area contributed by atoms with E-state index >= 15 is 0 Å². The van der Waals surface area contributed by atoms with Crippen molar-refractivity contribution in [1.29, 1.82) is 0 Å². The van der Waals surface area contributed by atoms with Gasteiger partial charge >= 0.3 is 0 Å². The molecule has 1 fully saturated rings. The minimum absolute atomic E-state index is 0.0177. The number of fused-ring (bicyclic) bond motifs is 1. The second kappa shape index (κ2) is 8.08. The highest BCUT2D eigenvalue weighted by atomic mass is 19.1. The third-order valence-electron chi connectivity index (χ3n) is 5.74. The van der Waals surface area contributed by atoms with E-state index in [0.717, 1.165) is 31.5 Å². The van der Waals surface area contributed by atoms with Crippen molar-refractivity contribution in [3.05, 3.63) is 59.2 Å². The van der Waals surface area contributed by atoms with Crippen LogP contribution in [0.3, 0.4) is 0 Å². The number of Topliss-reactive ketones (excluding diaryl/α,β-unsaturated/α-hetero) is 1. The van der Waals surface area contributed by atoms with Gasteiger partial charge in [0.25, 0.3) is 0 Å². The summed E-state index contributed by atoms with van der Waals surface area (Å²) < 4.78 is 32.5. The summed E-state index contributed by atoms with van der Waals surface area (Å²) in [7, 11) is 0. The number of carbonyl (C=O) groups excluding carboxylic acids is 1. The van der Waals surface area contributed by atoms with E-state index in [0.29, 0.717) is 24.2 Å². The number of rotatable bonds is 5. The number of aliphatic hydroxyl groups is 1. The molecule has 0 aliphatic carbocycles. The Kier molecular flexibility index (Phi) is 5.52. The first-order chi connectivity index (χ1) is 14.0. The Morgan fingerprint density at radius 3 is 2.69 bits per heavy atom. The van der Waals surface area contributed by atoms with Crippen LogP contribution in [-0.4, -0.2) is 47.6 Å². The van der Waals surface area contributed by atoms with Crippen LogP contribution in [0.1, 0.15) is 35.2 Å². The van der Waals surface area contributed by atoms with Crippen molar-refractivity contribution in [2.45, 2.75) is 31.3 Å². The monoisotopic (exact) mass is 402 g/mol. The summed E-state index contributed by atoms with van der Waals surface area (Å²) in [4.78, 5) is 14.8. The van der Waals surface area contributed by atoms with Crippen LogP contribution in [0.2, 0.25) is 0 Å². The molecule has 2 aromatic carbocycles. The third kappa shape index (κ3) is 4.26. The summed E-state index contributed by atoms with van der Waals surface area (Å²) in [5.41, 5.74) is 1.78. The van der Waals surface area contributed by atoms with Crippen LogP contribution in [0.5, 0.6) is 5.75 Å². The quantitative estimate of drug-likeness (QED) is 0.803. The minimum atomic E-state index is -0.445. The summed E-state index contributed by atoms with van der Waals surface area (Å²) in [5.74, 6) is -0.713. The smallest absolute Gasteiger partial charge is 0.167 e. The number of nitrogens with one attached hydrogen (secondary N) is 1. The summed E-state index contributed by atoms with van der Waals surface area (Å²) in [6.45, 7) is 2.13. The van der Waals surface area contributed by atoms with E-state index in [1.54, 1.807) is 18.2 Å². The van der Waals surface area contributed by atoms with Crippen molar-refractivity contribution in [2.75, 3.05) is 31.6 Å². The first-order valence-corrected chi connectivity index (χ1v) is 9.83.